The first kappa shape index (κ1) is 18.0. The third kappa shape index (κ3) is 4.64. The topological polar surface area (TPSA) is 51.2 Å². The summed E-state index contributed by atoms with van der Waals surface area (Å²) in [4.78, 5) is 16.4. The summed E-state index contributed by atoms with van der Waals surface area (Å²) in [5.41, 5.74) is 2.76. The van der Waals surface area contributed by atoms with Gasteiger partial charge in [-0.15, -0.1) is 0 Å². The third-order valence-electron chi connectivity index (χ3n) is 3.62. The summed E-state index contributed by atoms with van der Waals surface area (Å²) in [5, 5.41) is 3.27. The fraction of sp³-hybridized carbons (Fsp3) is 0.158. The van der Waals surface area contributed by atoms with Crippen LogP contribution in [-0.4, -0.2) is 17.5 Å². The van der Waals surface area contributed by atoms with Crippen molar-refractivity contribution in [1.82, 2.24) is 4.98 Å². The van der Waals surface area contributed by atoms with E-state index in [1.165, 1.54) is 35.1 Å². The smallest absolute Gasteiger partial charge is 0.387 e. The molecule has 0 atom stereocenters. The van der Waals surface area contributed by atoms with Crippen LogP contribution in [0.2, 0.25) is 0 Å². The second kappa shape index (κ2) is 8.05. The summed E-state index contributed by atoms with van der Waals surface area (Å²) in [6.45, 7) is -0.772. The Hall–Kier alpha value is -2.80. The van der Waals surface area contributed by atoms with E-state index in [1.807, 2.05) is 12.1 Å². The van der Waals surface area contributed by atoms with Crippen molar-refractivity contribution in [2.45, 2.75) is 20.0 Å². The van der Waals surface area contributed by atoms with Crippen LogP contribution in [0.15, 0.2) is 48.5 Å². The van der Waals surface area contributed by atoms with Gasteiger partial charge in [0.2, 0.25) is 5.91 Å². The number of aryl methyl sites for hydroxylation is 1. The monoisotopic (exact) mass is 374 g/mol. The van der Waals surface area contributed by atoms with Crippen LogP contribution in [0.5, 0.6) is 5.75 Å². The lowest BCUT2D eigenvalue weighted by Gasteiger charge is -2.03. The Bertz CT molecular complexity index is 936. The van der Waals surface area contributed by atoms with E-state index in [2.05, 4.69) is 28.0 Å². The molecule has 134 valence electrons. The number of aromatic nitrogens is 1. The van der Waals surface area contributed by atoms with Crippen molar-refractivity contribution in [2.75, 3.05) is 5.32 Å². The Balaban J connectivity index is 1.63. The van der Waals surface area contributed by atoms with E-state index in [0.29, 0.717) is 10.7 Å². The molecule has 0 radical (unpaired) electrons. The quantitative estimate of drug-likeness (QED) is 0.610. The van der Waals surface area contributed by atoms with Crippen LogP contribution in [0.3, 0.4) is 0 Å². The molecule has 2 aromatic carbocycles. The minimum Gasteiger partial charge on any atom is -0.435 e. The molecule has 0 saturated heterocycles. The van der Waals surface area contributed by atoms with Crippen molar-refractivity contribution in [3.8, 4) is 5.75 Å². The molecule has 1 N–H and O–H groups in total. The van der Waals surface area contributed by atoms with Crippen LogP contribution >= 0.6 is 11.3 Å². The van der Waals surface area contributed by atoms with Crippen LogP contribution in [0.1, 0.15) is 18.1 Å². The Labute approximate surface area is 153 Å². The SMILES string of the molecule is CCc1ccc2nc(NC(=O)/C=C/c3ccc(OC(F)F)cc3)sc2c1. The first-order valence-corrected chi connectivity index (χ1v) is 8.78. The zero-order valence-electron chi connectivity index (χ0n) is 13.9. The number of thiazole rings is 1. The molecular weight excluding hydrogens is 358 g/mol. The summed E-state index contributed by atoms with van der Waals surface area (Å²) in [7, 11) is 0. The van der Waals surface area contributed by atoms with Gasteiger partial charge in [0.15, 0.2) is 5.13 Å². The van der Waals surface area contributed by atoms with Crippen molar-refractivity contribution >= 4 is 38.7 Å². The predicted octanol–water partition coefficient (Wildman–Crippen LogP) is 5.11. The highest BCUT2D eigenvalue weighted by Gasteiger charge is 2.07. The van der Waals surface area contributed by atoms with Crippen molar-refractivity contribution in [2.24, 2.45) is 0 Å². The molecule has 0 fully saturated rings. The van der Waals surface area contributed by atoms with Crippen LogP contribution in [0.4, 0.5) is 13.9 Å². The minimum atomic E-state index is -2.86. The Morgan fingerprint density at radius 2 is 2.04 bits per heavy atom. The van der Waals surface area contributed by atoms with E-state index < -0.39 is 6.61 Å². The van der Waals surface area contributed by atoms with Gasteiger partial charge in [-0.25, -0.2) is 4.98 Å². The second-order valence-electron chi connectivity index (χ2n) is 5.44. The fourth-order valence-corrected chi connectivity index (χ4v) is 3.25. The number of fused-ring (bicyclic) bond motifs is 1. The number of carbonyl (C=O) groups excluding carboxylic acids is 1. The molecule has 0 saturated carbocycles. The van der Waals surface area contributed by atoms with Crippen LogP contribution < -0.4 is 10.1 Å². The lowest BCUT2D eigenvalue weighted by molar-refractivity contribution is -0.111. The van der Waals surface area contributed by atoms with Gasteiger partial charge in [-0.05, 0) is 47.9 Å². The Morgan fingerprint density at radius 1 is 1.27 bits per heavy atom. The van der Waals surface area contributed by atoms with Gasteiger partial charge in [0.25, 0.3) is 0 Å². The number of anilines is 1. The van der Waals surface area contributed by atoms with E-state index in [1.54, 1.807) is 18.2 Å². The molecule has 0 bridgehead atoms. The number of ether oxygens (including phenoxy) is 1. The highest BCUT2D eigenvalue weighted by atomic mass is 32.1. The van der Waals surface area contributed by atoms with E-state index >= 15 is 0 Å². The molecule has 0 aliphatic carbocycles. The average Bonchev–Trinajstić information content (AvgIpc) is 3.01. The van der Waals surface area contributed by atoms with Gasteiger partial charge < -0.3 is 4.74 Å². The summed E-state index contributed by atoms with van der Waals surface area (Å²) in [6.07, 6.45) is 3.90. The number of alkyl halides is 2. The Morgan fingerprint density at radius 3 is 2.73 bits per heavy atom. The second-order valence-corrected chi connectivity index (χ2v) is 6.48. The number of rotatable bonds is 6. The van der Waals surface area contributed by atoms with Gasteiger partial charge in [-0.1, -0.05) is 36.5 Å². The normalized spacial score (nSPS) is 11.4. The molecule has 0 unspecified atom stereocenters. The molecule has 3 rings (SSSR count). The zero-order chi connectivity index (χ0) is 18.5. The van der Waals surface area contributed by atoms with E-state index in [4.69, 9.17) is 0 Å². The maximum absolute atomic E-state index is 12.1. The van der Waals surface area contributed by atoms with E-state index in [-0.39, 0.29) is 11.7 Å². The number of nitrogens with one attached hydrogen (secondary N) is 1. The van der Waals surface area contributed by atoms with E-state index in [0.717, 1.165) is 16.6 Å². The molecule has 7 heteroatoms. The van der Waals surface area contributed by atoms with Crippen molar-refractivity contribution in [3.05, 3.63) is 59.7 Å². The molecule has 0 aliphatic heterocycles. The number of hydrogen-bond donors (Lipinski definition) is 1. The van der Waals surface area contributed by atoms with E-state index in [9.17, 15) is 13.6 Å². The lowest BCUT2D eigenvalue weighted by atomic mass is 10.2. The number of benzene rings is 2. The average molecular weight is 374 g/mol. The predicted molar refractivity (Wildman–Crippen MR) is 99.7 cm³/mol. The number of amides is 1. The van der Waals surface area contributed by atoms with Gasteiger partial charge in [0, 0.05) is 6.08 Å². The number of nitrogens with zero attached hydrogens (tertiary/aromatic N) is 1. The maximum atomic E-state index is 12.1. The molecule has 0 aliphatic rings. The van der Waals surface area contributed by atoms with Gasteiger partial charge in [0.1, 0.15) is 5.75 Å². The number of hydrogen-bond acceptors (Lipinski definition) is 4. The molecule has 0 spiro atoms. The molecular formula is C19H16F2N2O2S. The van der Waals surface area contributed by atoms with Crippen LogP contribution in [0.25, 0.3) is 16.3 Å². The highest BCUT2D eigenvalue weighted by Crippen LogP contribution is 2.27. The standard InChI is InChI=1S/C19H16F2N2O2S/c1-2-12-5-9-15-16(11-12)26-19(22-15)23-17(24)10-6-13-3-7-14(8-4-13)25-18(20)21/h3-11,18H,2H2,1H3,(H,22,23,24)/b10-6+. The lowest BCUT2D eigenvalue weighted by Crippen LogP contribution is -2.07. The number of halogens is 2. The van der Waals surface area contributed by atoms with Gasteiger partial charge in [-0.2, -0.15) is 8.78 Å². The van der Waals surface area contributed by atoms with Crippen LogP contribution in [0, 0.1) is 0 Å². The minimum absolute atomic E-state index is 0.0718. The summed E-state index contributed by atoms with van der Waals surface area (Å²) < 4.78 is 29.5. The van der Waals surface area contributed by atoms with Crippen molar-refractivity contribution in [1.29, 1.82) is 0 Å². The highest BCUT2D eigenvalue weighted by molar-refractivity contribution is 7.22. The van der Waals surface area contributed by atoms with Crippen LogP contribution in [-0.2, 0) is 11.2 Å². The first-order valence-electron chi connectivity index (χ1n) is 7.97. The fourth-order valence-electron chi connectivity index (χ4n) is 2.32. The molecule has 3 aromatic rings. The molecule has 26 heavy (non-hydrogen) atoms. The van der Waals surface area contributed by atoms with Gasteiger partial charge in [-0.3, -0.25) is 10.1 Å². The van der Waals surface area contributed by atoms with Gasteiger partial charge >= 0.3 is 6.61 Å². The van der Waals surface area contributed by atoms with Crippen molar-refractivity contribution in [3.63, 3.8) is 0 Å². The molecule has 1 amide bonds. The Kier molecular flexibility index (Phi) is 5.58. The largest absolute Gasteiger partial charge is 0.435 e. The van der Waals surface area contributed by atoms with Gasteiger partial charge in [0.05, 0.1) is 10.2 Å². The molecule has 1 aromatic heterocycles. The zero-order valence-corrected chi connectivity index (χ0v) is 14.7. The summed E-state index contributed by atoms with van der Waals surface area (Å²) in [5.74, 6) is -0.241. The number of carbonyl (C=O) groups is 1. The molecule has 1 heterocycles. The maximum Gasteiger partial charge on any atom is 0.387 e. The van der Waals surface area contributed by atoms with Crippen molar-refractivity contribution < 1.29 is 18.3 Å². The summed E-state index contributed by atoms with van der Waals surface area (Å²) >= 11 is 1.42. The molecule has 4 nitrogen and oxygen atoms in total. The first-order chi connectivity index (χ1) is 12.5. The third-order valence-corrected chi connectivity index (χ3v) is 4.56. The summed E-state index contributed by atoms with van der Waals surface area (Å²) in [6, 6.07) is 12.1.